The molecule has 178 valence electrons. The summed E-state index contributed by atoms with van der Waals surface area (Å²) in [7, 11) is 0. The van der Waals surface area contributed by atoms with Crippen LogP contribution in [0.2, 0.25) is 0 Å². The molecule has 11 heteroatoms. The summed E-state index contributed by atoms with van der Waals surface area (Å²) in [5.74, 6) is -0.716. The van der Waals surface area contributed by atoms with E-state index in [1.54, 1.807) is 41.8 Å². The third-order valence-electron chi connectivity index (χ3n) is 5.23. The van der Waals surface area contributed by atoms with Crippen LogP contribution in [0.1, 0.15) is 10.4 Å². The minimum atomic E-state index is -0.669. The first-order valence-corrected chi connectivity index (χ1v) is 11.6. The van der Waals surface area contributed by atoms with Gasteiger partial charge in [-0.3, -0.25) is 20.2 Å². The van der Waals surface area contributed by atoms with Crippen molar-refractivity contribution in [2.75, 3.05) is 11.9 Å². The number of esters is 1. The molecule has 0 aliphatic rings. The summed E-state index contributed by atoms with van der Waals surface area (Å²) in [6.07, 6.45) is 0. The van der Waals surface area contributed by atoms with Crippen LogP contribution >= 0.6 is 11.3 Å². The molecule has 1 amide bonds. The summed E-state index contributed by atoms with van der Waals surface area (Å²) < 4.78 is 5.24. The molecule has 5 aromatic rings. The summed E-state index contributed by atoms with van der Waals surface area (Å²) >= 11 is 1.15. The van der Waals surface area contributed by atoms with Crippen LogP contribution in [0.4, 0.5) is 10.8 Å². The Balaban J connectivity index is 1.24. The molecule has 5 rings (SSSR count). The Kier molecular flexibility index (Phi) is 6.20. The Morgan fingerprint density at radius 3 is 2.67 bits per heavy atom. The van der Waals surface area contributed by atoms with Crippen molar-refractivity contribution in [2.45, 2.75) is 0 Å². The molecule has 0 atom stereocenters. The predicted octanol–water partition coefficient (Wildman–Crippen LogP) is 5.06. The maximum absolute atomic E-state index is 12.8. The van der Waals surface area contributed by atoms with Crippen LogP contribution in [-0.4, -0.2) is 38.4 Å². The predicted molar refractivity (Wildman–Crippen MR) is 135 cm³/mol. The zero-order chi connectivity index (χ0) is 25.1. The molecule has 0 aliphatic carbocycles. The van der Waals surface area contributed by atoms with Crippen LogP contribution in [0.5, 0.6) is 0 Å². The SMILES string of the molecule is O=C(COC(=O)c1ccccc1-c1nc2ccccc2[nH]1)Nc1nc(-c2cccc([N+](=O)[O-])c2)cs1. The standard InChI is InChI=1S/C25H17N5O5S/c31-22(29-25-28-21(14-36-25)15-6-5-7-16(12-15)30(33)34)13-35-24(32)18-9-2-1-8-17(18)23-26-19-10-3-4-11-20(19)27-23/h1-12,14H,13H2,(H,26,27)(H,28,29,31). The van der Waals surface area contributed by atoms with Gasteiger partial charge in [0, 0.05) is 28.6 Å². The minimum absolute atomic E-state index is 0.0547. The number of thiazole rings is 1. The van der Waals surface area contributed by atoms with Gasteiger partial charge in [0.15, 0.2) is 11.7 Å². The highest BCUT2D eigenvalue weighted by molar-refractivity contribution is 7.14. The Hall–Kier alpha value is -4.90. The average molecular weight is 500 g/mol. The number of H-pyrrole nitrogens is 1. The van der Waals surface area contributed by atoms with Gasteiger partial charge >= 0.3 is 5.97 Å². The molecule has 2 aromatic heterocycles. The number of aromatic nitrogens is 3. The number of carbonyl (C=O) groups is 2. The average Bonchev–Trinajstić information content (AvgIpc) is 3.54. The number of aromatic amines is 1. The molecule has 2 N–H and O–H groups in total. The van der Waals surface area contributed by atoms with Crippen LogP contribution in [0.15, 0.2) is 78.2 Å². The Labute approximate surface area is 207 Å². The van der Waals surface area contributed by atoms with E-state index in [-0.39, 0.29) is 16.4 Å². The number of carbonyl (C=O) groups excluding carboxylic acids is 2. The number of rotatable bonds is 7. The van der Waals surface area contributed by atoms with Gasteiger partial charge in [0.2, 0.25) is 0 Å². The highest BCUT2D eigenvalue weighted by Gasteiger charge is 2.18. The number of hydrogen-bond donors (Lipinski definition) is 2. The number of nitrogens with zero attached hydrogens (tertiary/aromatic N) is 3. The summed E-state index contributed by atoms with van der Waals surface area (Å²) in [6, 6.07) is 20.4. The minimum Gasteiger partial charge on any atom is -0.452 e. The lowest BCUT2D eigenvalue weighted by atomic mass is 10.1. The number of nitrogens with one attached hydrogen (secondary N) is 2. The summed E-state index contributed by atoms with van der Waals surface area (Å²) in [5.41, 5.74) is 3.41. The topological polar surface area (TPSA) is 140 Å². The summed E-state index contributed by atoms with van der Waals surface area (Å²) in [4.78, 5) is 47.7. The fraction of sp³-hybridized carbons (Fsp3) is 0.0400. The number of imidazole rings is 1. The van der Waals surface area contributed by atoms with Gasteiger partial charge in [0.1, 0.15) is 5.82 Å². The van der Waals surface area contributed by atoms with E-state index in [0.29, 0.717) is 22.6 Å². The molecule has 36 heavy (non-hydrogen) atoms. The number of amides is 1. The Morgan fingerprint density at radius 2 is 1.83 bits per heavy atom. The number of para-hydroxylation sites is 2. The van der Waals surface area contributed by atoms with Gasteiger partial charge in [-0.15, -0.1) is 11.3 Å². The normalized spacial score (nSPS) is 10.8. The second-order valence-corrected chi connectivity index (χ2v) is 8.48. The molecule has 0 bridgehead atoms. The maximum atomic E-state index is 12.8. The molecule has 0 spiro atoms. The molecular weight excluding hydrogens is 482 g/mol. The molecule has 0 radical (unpaired) electrons. The number of anilines is 1. The van der Waals surface area contributed by atoms with Crippen molar-refractivity contribution in [1.29, 1.82) is 0 Å². The highest BCUT2D eigenvalue weighted by atomic mass is 32.1. The van der Waals surface area contributed by atoms with Crippen molar-refractivity contribution in [3.8, 4) is 22.6 Å². The van der Waals surface area contributed by atoms with Crippen molar-refractivity contribution in [3.63, 3.8) is 0 Å². The van der Waals surface area contributed by atoms with Crippen molar-refractivity contribution in [2.24, 2.45) is 0 Å². The zero-order valence-corrected chi connectivity index (χ0v) is 19.3. The monoisotopic (exact) mass is 499 g/mol. The van der Waals surface area contributed by atoms with Gasteiger partial charge in [-0.05, 0) is 18.2 Å². The molecule has 10 nitrogen and oxygen atoms in total. The molecule has 2 heterocycles. The van der Waals surface area contributed by atoms with Crippen molar-refractivity contribution >= 4 is 45.1 Å². The molecular formula is C25H17N5O5S. The second kappa shape index (κ2) is 9.76. The van der Waals surface area contributed by atoms with E-state index < -0.39 is 23.4 Å². The van der Waals surface area contributed by atoms with E-state index in [1.807, 2.05) is 24.3 Å². The van der Waals surface area contributed by atoms with Gasteiger partial charge in [-0.1, -0.05) is 42.5 Å². The molecule has 0 saturated carbocycles. The number of nitro groups is 1. The fourth-order valence-corrected chi connectivity index (χ4v) is 4.29. The van der Waals surface area contributed by atoms with E-state index in [4.69, 9.17) is 4.74 Å². The molecule has 0 saturated heterocycles. The third-order valence-corrected chi connectivity index (χ3v) is 5.99. The first-order valence-electron chi connectivity index (χ1n) is 10.7. The fourth-order valence-electron chi connectivity index (χ4n) is 3.55. The van der Waals surface area contributed by atoms with Crippen molar-refractivity contribution in [3.05, 3.63) is 93.9 Å². The van der Waals surface area contributed by atoms with Crippen LogP contribution in [0.25, 0.3) is 33.7 Å². The summed E-state index contributed by atoms with van der Waals surface area (Å²) in [5, 5.41) is 15.5. The lowest BCUT2D eigenvalue weighted by Crippen LogP contribution is -2.21. The first-order chi connectivity index (χ1) is 17.5. The van der Waals surface area contributed by atoms with E-state index in [2.05, 4.69) is 20.3 Å². The van der Waals surface area contributed by atoms with Crippen molar-refractivity contribution < 1.29 is 19.2 Å². The Bertz CT molecular complexity index is 1580. The van der Waals surface area contributed by atoms with Gasteiger partial charge in [0.05, 0.1) is 27.2 Å². The molecule has 0 aliphatic heterocycles. The van der Waals surface area contributed by atoms with Crippen LogP contribution in [0, 0.1) is 10.1 Å². The zero-order valence-electron chi connectivity index (χ0n) is 18.5. The maximum Gasteiger partial charge on any atom is 0.339 e. The number of ether oxygens (including phenoxy) is 1. The second-order valence-electron chi connectivity index (χ2n) is 7.62. The Morgan fingerprint density at radius 1 is 1.03 bits per heavy atom. The van der Waals surface area contributed by atoms with Gasteiger partial charge in [-0.2, -0.15) is 0 Å². The van der Waals surface area contributed by atoms with Crippen LogP contribution < -0.4 is 5.32 Å². The summed E-state index contributed by atoms with van der Waals surface area (Å²) in [6.45, 7) is -0.515. The quantitative estimate of drug-likeness (QED) is 0.181. The number of benzene rings is 3. The number of non-ortho nitro benzene ring substituents is 1. The number of hydrogen-bond acceptors (Lipinski definition) is 8. The third kappa shape index (κ3) is 4.81. The van der Waals surface area contributed by atoms with E-state index in [9.17, 15) is 19.7 Å². The molecule has 0 unspecified atom stereocenters. The van der Waals surface area contributed by atoms with Gasteiger partial charge in [0.25, 0.3) is 11.6 Å². The molecule has 0 fully saturated rings. The number of fused-ring (bicyclic) bond motifs is 1. The van der Waals surface area contributed by atoms with Crippen LogP contribution in [0.3, 0.4) is 0 Å². The first kappa shape index (κ1) is 22.9. The van der Waals surface area contributed by atoms with E-state index >= 15 is 0 Å². The smallest absolute Gasteiger partial charge is 0.339 e. The van der Waals surface area contributed by atoms with Crippen LogP contribution in [-0.2, 0) is 9.53 Å². The molecule has 3 aromatic carbocycles. The highest BCUT2D eigenvalue weighted by Crippen LogP contribution is 2.28. The van der Waals surface area contributed by atoms with E-state index in [0.717, 1.165) is 22.4 Å². The van der Waals surface area contributed by atoms with Gasteiger partial charge < -0.3 is 9.72 Å². The lowest BCUT2D eigenvalue weighted by molar-refractivity contribution is -0.384. The van der Waals surface area contributed by atoms with Gasteiger partial charge in [-0.25, -0.2) is 14.8 Å². The van der Waals surface area contributed by atoms with Crippen molar-refractivity contribution in [1.82, 2.24) is 15.0 Å². The lowest BCUT2D eigenvalue weighted by Gasteiger charge is -2.08. The van der Waals surface area contributed by atoms with E-state index in [1.165, 1.54) is 12.1 Å². The number of nitro benzene ring substituents is 1. The largest absolute Gasteiger partial charge is 0.452 e.